The van der Waals surface area contributed by atoms with E-state index in [2.05, 4.69) is 6.58 Å². The highest BCUT2D eigenvalue weighted by atomic mass is 16.2. The second-order valence-electron chi connectivity index (χ2n) is 5.60. The summed E-state index contributed by atoms with van der Waals surface area (Å²) in [7, 11) is 0. The van der Waals surface area contributed by atoms with Crippen molar-refractivity contribution in [3.05, 3.63) is 48.6 Å². The molecule has 0 fully saturated rings. The predicted molar refractivity (Wildman–Crippen MR) is 89.2 cm³/mol. The Morgan fingerprint density at radius 3 is 2.36 bits per heavy atom. The summed E-state index contributed by atoms with van der Waals surface area (Å²) in [6.45, 7) is 10.7. The van der Waals surface area contributed by atoms with Crippen LogP contribution < -0.4 is 0 Å². The van der Waals surface area contributed by atoms with Gasteiger partial charge in [-0.25, -0.2) is 0 Å². The Labute approximate surface area is 133 Å². The number of amides is 2. The van der Waals surface area contributed by atoms with Crippen LogP contribution in [0.1, 0.15) is 32.8 Å². The highest BCUT2D eigenvalue weighted by Crippen LogP contribution is 2.10. The van der Waals surface area contributed by atoms with Crippen LogP contribution in [0.15, 0.2) is 43.0 Å². The molecule has 0 saturated heterocycles. The van der Waals surface area contributed by atoms with Crippen LogP contribution in [0.4, 0.5) is 0 Å². The zero-order valence-corrected chi connectivity index (χ0v) is 13.8. The van der Waals surface area contributed by atoms with Gasteiger partial charge in [-0.15, -0.1) is 6.58 Å². The fourth-order valence-corrected chi connectivity index (χ4v) is 2.25. The van der Waals surface area contributed by atoms with Gasteiger partial charge in [-0.1, -0.05) is 36.4 Å². The lowest BCUT2D eigenvalue weighted by Gasteiger charge is -2.28. The number of nitrogens with zero attached hydrogens (tertiary/aromatic N) is 2. The molecule has 0 heterocycles. The molecule has 0 unspecified atom stereocenters. The zero-order valence-electron chi connectivity index (χ0n) is 13.8. The summed E-state index contributed by atoms with van der Waals surface area (Å²) in [6.07, 6.45) is 2.01. The second kappa shape index (κ2) is 9.03. The Bertz CT molecular complexity index is 497. The minimum Gasteiger partial charge on any atom is -0.339 e. The Balaban J connectivity index is 2.65. The molecule has 0 aliphatic heterocycles. The minimum atomic E-state index is -0.0353. The Kier molecular flexibility index (Phi) is 7.37. The maximum absolute atomic E-state index is 12.5. The van der Waals surface area contributed by atoms with E-state index in [9.17, 15) is 9.59 Å². The molecule has 0 aromatic heterocycles. The van der Waals surface area contributed by atoms with E-state index in [0.717, 1.165) is 5.56 Å². The first-order valence-corrected chi connectivity index (χ1v) is 7.65. The van der Waals surface area contributed by atoms with Gasteiger partial charge in [0.2, 0.25) is 11.8 Å². The molecular formula is C18H26N2O2. The Morgan fingerprint density at radius 2 is 1.86 bits per heavy atom. The summed E-state index contributed by atoms with van der Waals surface area (Å²) in [6, 6.07) is 10.1. The molecule has 0 spiro atoms. The lowest BCUT2D eigenvalue weighted by Crippen LogP contribution is -2.39. The van der Waals surface area contributed by atoms with Crippen molar-refractivity contribution in [3.63, 3.8) is 0 Å². The Morgan fingerprint density at radius 1 is 1.23 bits per heavy atom. The van der Waals surface area contributed by atoms with Crippen LogP contribution in [0, 0.1) is 0 Å². The molecule has 0 N–H and O–H groups in total. The average Bonchev–Trinajstić information content (AvgIpc) is 2.49. The number of carbonyl (C=O) groups excluding carboxylic acids is 2. The molecule has 4 nitrogen and oxygen atoms in total. The molecule has 2 amide bonds. The van der Waals surface area contributed by atoms with E-state index in [0.29, 0.717) is 26.1 Å². The molecule has 0 radical (unpaired) electrons. The van der Waals surface area contributed by atoms with E-state index in [1.807, 2.05) is 49.1 Å². The lowest BCUT2D eigenvalue weighted by atomic mass is 10.1. The van der Waals surface area contributed by atoms with Gasteiger partial charge in [0.25, 0.3) is 0 Å². The Hall–Kier alpha value is -2.10. The van der Waals surface area contributed by atoms with E-state index in [-0.39, 0.29) is 17.9 Å². The van der Waals surface area contributed by atoms with Crippen molar-refractivity contribution in [2.45, 2.75) is 39.8 Å². The SMILES string of the molecule is C=CCN(CCC(=O)N(Cc1ccccc1)C(C)C)C(C)=O. The topological polar surface area (TPSA) is 40.6 Å². The molecule has 0 aliphatic rings. The van der Waals surface area contributed by atoms with Crippen molar-refractivity contribution in [2.75, 3.05) is 13.1 Å². The van der Waals surface area contributed by atoms with Crippen LogP contribution >= 0.6 is 0 Å². The molecule has 120 valence electrons. The first-order chi connectivity index (χ1) is 10.5. The smallest absolute Gasteiger partial charge is 0.224 e. The molecule has 1 rings (SSSR count). The van der Waals surface area contributed by atoms with Crippen molar-refractivity contribution in [2.24, 2.45) is 0 Å². The fraction of sp³-hybridized carbons (Fsp3) is 0.444. The van der Waals surface area contributed by atoms with Crippen LogP contribution in [0.3, 0.4) is 0 Å². The summed E-state index contributed by atoms with van der Waals surface area (Å²) in [5.41, 5.74) is 1.11. The van der Waals surface area contributed by atoms with Crippen molar-refractivity contribution < 1.29 is 9.59 Å². The van der Waals surface area contributed by atoms with Crippen LogP contribution in [-0.4, -0.2) is 40.7 Å². The van der Waals surface area contributed by atoms with E-state index in [1.54, 1.807) is 11.0 Å². The van der Waals surface area contributed by atoms with Gasteiger partial charge in [0.15, 0.2) is 0 Å². The zero-order chi connectivity index (χ0) is 16.5. The summed E-state index contributed by atoms with van der Waals surface area (Å²) >= 11 is 0. The predicted octanol–water partition coefficient (Wildman–Crippen LogP) is 2.85. The molecule has 0 aliphatic carbocycles. The number of benzene rings is 1. The molecule has 1 aromatic carbocycles. The highest BCUT2D eigenvalue weighted by Gasteiger charge is 2.18. The summed E-state index contributed by atoms with van der Waals surface area (Å²) in [4.78, 5) is 27.5. The van der Waals surface area contributed by atoms with E-state index < -0.39 is 0 Å². The van der Waals surface area contributed by atoms with Crippen LogP contribution in [-0.2, 0) is 16.1 Å². The molecule has 1 aromatic rings. The van der Waals surface area contributed by atoms with Gasteiger partial charge in [-0.2, -0.15) is 0 Å². The van der Waals surface area contributed by atoms with Crippen molar-refractivity contribution >= 4 is 11.8 Å². The minimum absolute atomic E-state index is 0.0353. The van der Waals surface area contributed by atoms with E-state index >= 15 is 0 Å². The molecular weight excluding hydrogens is 276 g/mol. The van der Waals surface area contributed by atoms with Crippen molar-refractivity contribution in [1.82, 2.24) is 9.80 Å². The fourth-order valence-electron chi connectivity index (χ4n) is 2.25. The average molecular weight is 302 g/mol. The van der Waals surface area contributed by atoms with Crippen LogP contribution in [0.2, 0.25) is 0 Å². The number of hydrogen-bond acceptors (Lipinski definition) is 2. The van der Waals surface area contributed by atoms with Gasteiger partial charge >= 0.3 is 0 Å². The van der Waals surface area contributed by atoms with Gasteiger partial charge in [0, 0.05) is 39.0 Å². The van der Waals surface area contributed by atoms with Crippen LogP contribution in [0.5, 0.6) is 0 Å². The van der Waals surface area contributed by atoms with Gasteiger partial charge in [-0.05, 0) is 19.4 Å². The van der Waals surface area contributed by atoms with Gasteiger partial charge in [-0.3, -0.25) is 9.59 Å². The van der Waals surface area contributed by atoms with Crippen molar-refractivity contribution in [3.8, 4) is 0 Å². The monoisotopic (exact) mass is 302 g/mol. The van der Waals surface area contributed by atoms with Gasteiger partial charge < -0.3 is 9.80 Å². The van der Waals surface area contributed by atoms with Gasteiger partial charge in [0.05, 0.1) is 0 Å². The maximum atomic E-state index is 12.5. The molecule has 0 saturated carbocycles. The summed E-state index contributed by atoms with van der Waals surface area (Å²) < 4.78 is 0. The molecule has 0 atom stereocenters. The number of hydrogen-bond donors (Lipinski definition) is 0. The van der Waals surface area contributed by atoms with E-state index in [1.165, 1.54) is 6.92 Å². The van der Waals surface area contributed by atoms with Gasteiger partial charge in [0.1, 0.15) is 0 Å². The summed E-state index contributed by atoms with van der Waals surface area (Å²) in [5.74, 6) is 0.0287. The summed E-state index contributed by atoms with van der Waals surface area (Å²) in [5, 5.41) is 0. The third-order valence-electron chi connectivity index (χ3n) is 3.53. The normalized spacial score (nSPS) is 10.4. The lowest BCUT2D eigenvalue weighted by molar-refractivity contribution is -0.135. The quantitative estimate of drug-likeness (QED) is 0.693. The largest absolute Gasteiger partial charge is 0.339 e. The first kappa shape index (κ1) is 18.0. The second-order valence-corrected chi connectivity index (χ2v) is 5.60. The maximum Gasteiger partial charge on any atom is 0.224 e. The third kappa shape index (κ3) is 5.72. The number of rotatable bonds is 8. The standard InChI is InChI=1S/C18H26N2O2/c1-5-12-19(16(4)21)13-11-18(22)20(15(2)3)14-17-9-7-6-8-10-17/h5-10,15H,1,11-14H2,2-4H3. The molecule has 0 bridgehead atoms. The molecule has 22 heavy (non-hydrogen) atoms. The number of carbonyl (C=O) groups is 2. The van der Waals surface area contributed by atoms with Crippen molar-refractivity contribution in [1.29, 1.82) is 0 Å². The molecule has 4 heteroatoms. The van der Waals surface area contributed by atoms with Crippen LogP contribution in [0.25, 0.3) is 0 Å². The van der Waals surface area contributed by atoms with E-state index in [4.69, 9.17) is 0 Å². The highest BCUT2D eigenvalue weighted by molar-refractivity contribution is 5.78. The third-order valence-corrected chi connectivity index (χ3v) is 3.53. The first-order valence-electron chi connectivity index (χ1n) is 7.65.